The summed E-state index contributed by atoms with van der Waals surface area (Å²) in [4.78, 5) is 29.2. The number of nitrogens with one attached hydrogen (secondary N) is 1. The van der Waals surface area contributed by atoms with Crippen LogP contribution >= 0.6 is 0 Å². The number of hydrogen-bond acceptors (Lipinski definition) is 6. The smallest absolute Gasteiger partial charge is 0.243 e. The minimum absolute atomic E-state index is 0.218. The standard InChI is InChI=1S/C22H32N4O5S/c1-17(27)26-20-6-5-19(32(29,30)25-8-3-2-4-9-25)15-18(20)16-21(26)22(28)23-7-10-24-11-13-31-14-12-24/h5-6,15,21H,2-4,7-14,16H2,1H3,(H,23,28)/t21-/m1/s1. The van der Waals surface area contributed by atoms with Gasteiger partial charge in [-0.1, -0.05) is 6.42 Å². The van der Waals surface area contributed by atoms with Gasteiger partial charge in [0.05, 0.1) is 18.1 Å². The predicted octanol–water partition coefficient (Wildman–Crippen LogP) is 0.587. The highest BCUT2D eigenvalue weighted by Crippen LogP contribution is 2.35. The molecule has 0 unspecified atom stereocenters. The van der Waals surface area contributed by atoms with Crippen molar-refractivity contribution in [1.82, 2.24) is 14.5 Å². The predicted molar refractivity (Wildman–Crippen MR) is 120 cm³/mol. The van der Waals surface area contributed by atoms with Crippen molar-refractivity contribution in [3.05, 3.63) is 23.8 Å². The monoisotopic (exact) mass is 464 g/mol. The number of hydrogen-bond donors (Lipinski definition) is 1. The number of amides is 2. The number of piperidine rings is 1. The highest BCUT2D eigenvalue weighted by atomic mass is 32.2. The first-order valence-electron chi connectivity index (χ1n) is 11.4. The maximum absolute atomic E-state index is 13.1. The second-order valence-electron chi connectivity index (χ2n) is 8.61. The number of carbonyl (C=O) groups is 2. The third-order valence-electron chi connectivity index (χ3n) is 6.46. The number of carbonyl (C=O) groups excluding carboxylic acids is 2. The summed E-state index contributed by atoms with van der Waals surface area (Å²) in [7, 11) is -3.57. The molecule has 0 saturated carbocycles. The molecule has 2 amide bonds. The van der Waals surface area contributed by atoms with Gasteiger partial charge >= 0.3 is 0 Å². The molecule has 0 aromatic heterocycles. The fourth-order valence-corrected chi connectivity index (χ4v) is 6.29. The second-order valence-corrected chi connectivity index (χ2v) is 10.5. The van der Waals surface area contributed by atoms with Gasteiger partial charge in [-0.15, -0.1) is 0 Å². The minimum atomic E-state index is -3.57. The lowest BCUT2D eigenvalue weighted by molar-refractivity contribution is -0.125. The summed E-state index contributed by atoms with van der Waals surface area (Å²) in [5.74, 6) is -0.450. The molecule has 0 spiro atoms. The van der Waals surface area contributed by atoms with Gasteiger partial charge in [0.2, 0.25) is 21.8 Å². The highest BCUT2D eigenvalue weighted by Gasteiger charge is 2.38. The van der Waals surface area contributed by atoms with Crippen LogP contribution in [-0.2, 0) is 30.8 Å². The Morgan fingerprint density at radius 2 is 1.81 bits per heavy atom. The Hall–Kier alpha value is -2.01. The average molecular weight is 465 g/mol. The van der Waals surface area contributed by atoms with Crippen molar-refractivity contribution < 1.29 is 22.7 Å². The Kier molecular flexibility index (Phi) is 7.14. The lowest BCUT2D eigenvalue weighted by Gasteiger charge is -2.27. The van der Waals surface area contributed by atoms with E-state index in [0.29, 0.717) is 50.5 Å². The van der Waals surface area contributed by atoms with E-state index < -0.39 is 16.1 Å². The maximum Gasteiger partial charge on any atom is 0.243 e. The van der Waals surface area contributed by atoms with E-state index in [9.17, 15) is 18.0 Å². The van der Waals surface area contributed by atoms with Crippen molar-refractivity contribution in [2.75, 3.05) is 57.4 Å². The van der Waals surface area contributed by atoms with Crippen molar-refractivity contribution in [3.8, 4) is 0 Å². The second kappa shape index (κ2) is 9.86. The first-order valence-corrected chi connectivity index (χ1v) is 12.8. The molecule has 1 aromatic carbocycles. The molecule has 32 heavy (non-hydrogen) atoms. The highest BCUT2D eigenvalue weighted by molar-refractivity contribution is 7.89. The zero-order chi connectivity index (χ0) is 22.7. The van der Waals surface area contributed by atoms with E-state index in [0.717, 1.165) is 38.9 Å². The maximum atomic E-state index is 13.1. The van der Waals surface area contributed by atoms with E-state index in [1.807, 2.05) is 0 Å². The molecule has 0 aliphatic carbocycles. The van der Waals surface area contributed by atoms with Crippen LogP contribution in [0.2, 0.25) is 0 Å². The third kappa shape index (κ3) is 4.83. The Bertz CT molecular complexity index is 955. The topological polar surface area (TPSA) is 99.3 Å². The fourth-order valence-electron chi connectivity index (χ4n) is 4.72. The van der Waals surface area contributed by atoms with Crippen molar-refractivity contribution >= 4 is 27.5 Å². The quantitative estimate of drug-likeness (QED) is 0.662. The third-order valence-corrected chi connectivity index (χ3v) is 8.36. The minimum Gasteiger partial charge on any atom is -0.379 e. The van der Waals surface area contributed by atoms with Crippen LogP contribution in [0.5, 0.6) is 0 Å². The average Bonchev–Trinajstić information content (AvgIpc) is 3.19. The van der Waals surface area contributed by atoms with Crippen LogP contribution in [0, 0.1) is 0 Å². The molecule has 3 aliphatic heterocycles. The molecular formula is C22H32N4O5S. The van der Waals surface area contributed by atoms with E-state index in [1.54, 1.807) is 18.2 Å². The molecule has 3 aliphatic rings. The van der Waals surface area contributed by atoms with Crippen LogP contribution in [0.15, 0.2) is 23.1 Å². The van der Waals surface area contributed by atoms with Gasteiger partial charge in [-0.25, -0.2) is 8.42 Å². The summed E-state index contributed by atoms with van der Waals surface area (Å²) in [6.45, 7) is 6.82. The molecule has 0 radical (unpaired) electrons. The van der Waals surface area contributed by atoms with Gasteiger partial charge in [0, 0.05) is 58.3 Å². The van der Waals surface area contributed by atoms with Crippen LogP contribution < -0.4 is 10.2 Å². The van der Waals surface area contributed by atoms with Crippen LogP contribution in [0.4, 0.5) is 5.69 Å². The Labute approximate surface area is 189 Å². The summed E-state index contributed by atoms with van der Waals surface area (Å²) in [6.07, 6.45) is 3.09. The van der Waals surface area contributed by atoms with Gasteiger partial charge in [-0.05, 0) is 36.6 Å². The number of benzene rings is 1. The lowest BCUT2D eigenvalue weighted by Crippen LogP contribution is -2.49. The number of rotatable bonds is 6. The van der Waals surface area contributed by atoms with Crippen LogP contribution in [-0.4, -0.2) is 88.0 Å². The molecule has 1 atom stereocenters. The molecule has 2 fully saturated rings. The van der Waals surface area contributed by atoms with E-state index in [4.69, 9.17) is 4.74 Å². The molecule has 9 nitrogen and oxygen atoms in total. The zero-order valence-corrected chi connectivity index (χ0v) is 19.4. The Morgan fingerprint density at radius 3 is 2.50 bits per heavy atom. The molecule has 1 N–H and O–H groups in total. The summed E-state index contributed by atoms with van der Waals surface area (Å²) in [5, 5.41) is 2.95. The fraction of sp³-hybridized carbons (Fsp3) is 0.636. The zero-order valence-electron chi connectivity index (χ0n) is 18.6. The van der Waals surface area contributed by atoms with Crippen LogP contribution in [0.1, 0.15) is 31.7 Å². The van der Waals surface area contributed by atoms with E-state index in [2.05, 4.69) is 10.2 Å². The Balaban J connectivity index is 1.46. The van der Waals surface area contributed by atoms with Gasteiger partial charge in [-0.3, -0.25) is 19.4 Å². The first kappa shape index (κ1) is 23.2. The Morgan fingerprint density at radius 1 is 1.09 bits per heavy atom. The summed E-state index contributed by atoms with van der Waals surface area (Å²) in [5.41, 5.74) is 1.33. The van der Waals surface area contributed by atoms with Crippen molar-refractivity contribution in [2.24, 2.45) is 0 Å². The molecule has 4 rings (SSSR count). The first-order chi connectivity index (χ1) is 15.4. The van der Waals surface area contributed by atoms with E-state index >= 15 is 0 Å². The van der Waals surface area contributed by atoms with Crippen molar-refractivity contribution in [1.29, 1.82) is 0 Å². The van der Waals surface area contributed by atoms with Crippen molar-refractivity contribution in [2.45, 2.75) is 43.5 Å². The van der Waals surface area contributed by atoms with Gasteiger partial charge in [0.25, 0.3) is 0 Å². The van der Waals surface area contributed by atoms with Crippen LogP contribution in [0.3, 0.4) is 0 Å². The van der Waals surface area contributed by atoms with Gasteiger partial charge in [0.15, 0.2) is 0 Å². The molecule has 1 aromatic rings. The number of ether oxygens (including phenoxy) is 1. The number of morpholine rings is 1. The number of anilines is 1. The van der Waals surface area contributed by atoms with E-state index in [-0.39, 0.29) is 16.7 Å². The molecule has 0 bridgehead atoms. The molecule has 10 heteroatoms. The molecule has 2 saturated heterocycles. The summed E-state index contributed by atoms with van der Waals surface area (Å²) >= 11 is 0. The van der Waals surface area contributed by atoms with Crippen LogP contribution in [0.25, 0.3) is 0 Å². The molecule has 176 valence electrons. The largest absolute Gasteiger partial charge is 0.379 e. The molecule has 3 heterocycles. The summed E-state index contributed by atoms with van der Waals surface area (Å²) < 4.78 is 33.0. The SMILES string of the molecule is CC(=O)N1c2ccc(S(=O)(=O)N3CCCCC3)cc2C[C@@H]1C(=O)NCCN1CCOCC1. The number of nitrogens with zero attached hydrogens (tertiary/aromatic N) is 3. The van der Waals surface area contributed by atoms with E-state index in [1.165, 1.54) is 16.1 Å². The molecular weight excluding hydrogens is 432 g/mol. The normalized spacial score (nSPS) is 22.5. The van der Waals surface area contributed by atoms with Gasteiger partial charge in [-0.2, -0.15) is 4.31 Å². The van der Waals surface area contributed by atoms with Gasteiger partial charge in [0.1, 0.15) is 6.04 Å². The van der Waals surface area contributed by atoms with Crippen molar-refractivity contribution in [3.63, 3.8) is 0 Å². The lowest BCUT2D eigenvalue weighted by atomic mass is 10.1. The summed E-state index contributed by atoms with van der Waals surface area (Å²) in [6, 6.07) is 4.18. The number of fused-ring (bicyclic) bond motifs is 1. The number of sulfonamides is 1. The van der Waals surface area contributed by atoms with Gasteiger partial charge < -0.3 is 10.1 Å².